The first-order chi connectivity index (χ1) is 9.09. The molecule has 0 unspecified atom stereocenters. The number of hydrogen-bond donors (Lipinski definition) is 1. The van der Waals surface area contributed by atoms with E-state index in [2.05, 4.69) is 0 Å². The number of unbranched alkanes of at least 4 members (excludes halogenated alkanes) is 1. The SMILES string of the molecule is CC1(CCCCO[C@@H]2CCN(C(=O)O)C2)OCCO1. The second-order valence-corrected chi connectivity index (χ2v) is 5.30. The van der Waals surface area contributed by atoms with Gasteiger partial charge in [0.2, 0.25) is 0 Å². The molecule has 2 saturated heterocycles. The average molecular weight is 273 g/mol. The van der Waals surface area contributed by atoms with E-state index in [0.29, 0.717) is 32.9 Å². The predicted octanol–water partition coefficient (Wildman–Crippen LogP) is 1.69. The van der Waals surface area contributed by atoms with Crippen LogP contribution in [-0.4, -0.2) is 60.9 Å². The van der Waals surface area contributed by atoms with Crippen molar-refractivity contribution in [2.75, 3.05) is 32.9 Å². The van der Waals surface area contributed by atoms with E-state index in [1.807, 2.05) is 6.92 Å². The Morgan fingerprint density at radius 3 is 2.79 bits per heavy atom. The van der Waals surface area contributed by atoms with Crippen LogP contribution >= 0.6 is 0 Å². The average Bonchev–Trinajstić information content (AvgIpc) is 2.98. The topological polar surface area (TPSA) is 68.2 Å². The Labute approximate surface area is 113 Å². The van der Waals surface area contributed by atoms with Crippen LogP contribution in [0.25, 0.3) is 0 Å². The summed E-state index contributed by atoms with van der Waals surface area (Å²) in [5.74, 6) is -0.409. The molecule has 2 fully saturated rings. The highest BCUT2D eigenvalue weighted by atomic mass is 16.7. The fourth-order valence-electron chi connectivity index (χ4n) is 2.54. The van der Waals surface area contributed by atoms with Crippen molar-refractivity contribution in [3.63, 3.8) is 0 Å². The number of amides is 1. The lowest BCUT2D eigenvalue weighted by molar-refractivity contribution is -0.148. The number of carbonyl (C=O) groups is 1. The molecule has 110 valence electrons. The molecule has 0 aliphatic carbocycles. The number of hydrogen-bond acceptors (Lipinski definition) is 4. The van der Waals surface area contributed by atoms with E-state index in [1.54, 1.807) is 0 Å². The summed E-state index contributed by atoms with van der Waals surface area (Å²) in [6, 6.07) is 0. The van der Waals surface area contributed by atoms with Gasteiger partial charge in [0, 0.05) is 19.6 Å². The van der Waals surface area contributed by atoms with Crippen molar-refractivity contribution in [3.05, 3.63) is 0 Å². The van der Waals surface area contributed by atoms with Gasteiger partial charge in [-0.25, -0.2) is 4.79 Å². The predicted molar refractivity (Wildman–Crippen MR) is 68.1 cm³/mol. The van der Waals surface area contributed by atoms with Gasteiger partial charge in [0.15, 0.2) is 5.79 Å². The molecular weight excluding hydrogens is 250 g/mol. The van der Waals surface area contributed by atoms with Gasteiger partial charge in [0.25, 0.3) is 0 Å². The molecule has 0 bridgehead atoms. The van der Waals surface area contributed by atoms with Gasteiger partial charge < -0.3 is 24.2 Å². The Bertz CT molecular complexity index is 303. The normalized spacial score (nSPS) is 25.9. The molecule has 0 spiro atoms. The van der Waals surface area contributed by atoms with Crippen LogP contribution in [-0.2, 0) is 14.2 Å². The van der Waals surface area contributed by atoms with Gasteiger partial charge in [0.05, 0.1) is 25.9 Å². The number of carboxylic acid groups (broad SMARTS) is 1. The lowest BCUT2D eigenvalue weighted by Gasteiger charge is -2.22. The maximum atomic E-state index is 10.7. The Kier molecular flexibility index (Phi) is 5.01. The third-order valence-corrected chi connectivity index (χ3v) is 3.69. The second-order valence-electron chi connectivity index (χ2n) is 5.30. The van der Waals surface area contributed by atoms with Crippen LogP contribution in [0.1, 0.15) is 32.6 Å². The van der Waals surface area contributed by atoms with Gasteiger partial charge in [-0.1, -0.05) is 0 Å². The zero-order chi connectivity index (χ0) is 13.7. The molecule has 1 atom stereocenters. The maximum Gasteiger partial charge on any atom is 0.407 e. The van der Waals surface area contributed by atoms with Crippen LogP contribution < -0.4 is 0 Å². The molecule has 19 heavy (non-hydrogen) atoms. The molecule has 2 aliphatic heterocycles. The molecular formula is C13H23NO5. The molecule has 0 radical (unpaired) electrons. The number of nitrogens with zero attached hydrogens (tertiary/aromatic N) is 1. The monoisotopic (exact) mass is 273 g/mol. The van der Waals surface area contributed by atoms with Crippen LogP contribution in [0.4, 0.5) is 4.79 Å². The molecule has 0 aromatic rings. The molecule has 2 heterocycles. The van der Waals surface area contributed by atoms with Gasteiger partial charge in [0.1, 0.15) is 0 Å². The maximum absolute atomic E-state index is 10.7. The van der Waals surface area contributed by atoms with E-state index < -0.39 is 11.9 Å². The van der Waals surface area contributed by atoms with Gasteiger partial charge >= 0.3 is 6.09 Å². The number of rotatable bonds is 6. The lowest BCUT2D eigenvalue weighted by atomic mass is 10.1. The zero-order valence-electron chi connectivity index (χ0n) is 11.5. The zero-order valence-corrected chi connectivity index (χ0v) is 11.5. The summed E-state index contributed by atoms with van der Waals surface area (Å²) in [5, 5.41) is 8.83. The Balaban J connectivity index is 1.52. The van der Waals surface area contributed by atoms with Crippen LogP contribution in [0.5, 0.6) is 0 Å². The summed E-state index contributed by atoms with van der Waals surface area (Å²) < 4.78 is 16.7. The van der Waals surface area contributed by atoms with Gasteiger partial charge in [-0.3, -0.25) is 0 Å². The smallest absolute Gasteiger partial charge is 0.407 e. The molecule has 0 saturated carbocycles. The minimum Gasteiger partial charge on any atom is -0.465 e. The first kappa shape index (κ1) is 14.6. The van der Waals surface area contributed by atoms with Gasteiger partial charge in [-0.05, 0) is 26.2 Å². The van der Waals surface area contributed by atoms with E-state index in [1.165, 1.54) is 4.90 Å². The van der Waals surface area contributed by atoms with E-state index in [-0.39, 0.29) is 6.10 Å². The van der Waals surface area contributed by atoms with Crippen molar-refractivity contribution >= 4 is 6.09 Å². The van der Waals surface area contributed by atoms with Crippen molar-refractivity contribution in [1.82, 2.24) is 4.90 Å². The second kappa shape index (κ2) is 6.54. The Morgan fingerprint density at radius 2 is 2.16 bits per heavy atom. The minimum atomic E-state index is -0.852. The van der Waals surface area contributed by atoms with Crippen LogP contribution in [0.15, 0.2) is 0 Å². The van der Waals surface area contributed by atoms with Crippen molar-refractivity contribution in [3.8, 4) is 0 Å². The highest BCUT2D eigenvalue weighted by molar-refractivity contribution is 5.65. The summed E-state index contributed by atoms with van der Waals surface area (Å²) in [5.41, 5.74) is 0. The summed E-state index contributed by atoms with van der Waals surface area (Å²) in [4.78, 5) is 12.2. The van der Waals surface area contributed by atoms with Crippen LogP contribution in [0.3, 0.4) is 0 Å². The van der Waals surface area contributed by atoms with E-state index in [0.717, 1.165) is 25.7 Å². The van der Waals surface area contributed by atoms with Crippen molar-refractivity contribution in [2.45, 2.75) is 44.5 Å². The number of likely N-dealkylation sites (tertiary alicyclic amines) is 1. The van der Waals surface area contributed by atoms with Gasteiger partial charge in [-0.2, -0.15) is 0 Å². The van der Waals surface area contributed by atoms with Crippen molar-refractivity contribution in [1.29, 1.82) is 0 Å². The highest BCUT2D eigenvalue weighted by Crippen LogP contribution is 2.24. The molecule has 0 aromatic heterocycles. The fourth-order valence-corrected chi connectivity index (χ4v) is 2.54. The van der Waals surface area contributed by atoms with Crippen LogP contribution in [0.2, 0.25) is 0 Å². The molecule has 2 rings (SSSR count). The molecule has 6 heteroatoms. The summed E-state index contributed by atoms with van der Waals surface area (Å²) in [6.45, 7) is 5.09. The molecule has 6 nitrogen and oxygen atoms in total. The highest BCUT2D eigenvalue weighted by Gasteiger charge is 2.30. The molecule has 1 amide bonds. The summed E-state index contributed by atoms with van der Waals surface area (Å²) >= 11 is 0. The minimum absolute atomic E-state index is 0.0608. The van der Waals surface area contributed by atoms with Crippen molar-refractivity contribution < 1.29 is 24.1 Å². The molecule has 0 aromatic carbocycles. The lowest BCUT2D eigenvalue weighted by Crippen LogP contribution is -2.28. The van der Waals surface area contributed by atoms with Crippen molar-refractivity contribution in [2.24, 2.45) is 0 Å². The fraction of sp³-hybridized carbons (Fsp3) is 0.923. The quantitative estimate of drug-likeness (QED) is 0.746. The molecule has 2 aliphatic rings. The van der Waals surface area contributed by atoms with Gasteiger partial charge in [-0.15, -0.1) is 0 Å². The summed E-state index contributed by atoms with van der Waals surface area (Å²) in [6.07, 6.45) is 2.83. The standard InChI is InChI=1S/C13H23NO5/c1-13(18-8-9-19-13)5-2-3-7-17-11-4-6-14(10-11)12(15)16/h11H,2-10H2,1H3,(H,15,16)/t11-/m1/s1. The first-order valence-electron chi connectivity index (χ1n) is 6.96. The third kappa shape index (κ3) is 4.33. The first-order valence-corrected chi connectivity index (χ1v) is 6.96. The largest absolute Gasteiger partial charge is 0.465 e. The number of ether oxygens (including phenoxy) is 3. The van der Waals surface area contributed by atoms with E-state index in [4.69, 9.17) is 19.3 Å². The summed E-state index contributed by atoms with van der Waals surface area (Å²) in [7, 11) is 0. The Morgan fingerprint density at radius 1 is 1.42 bits per heavy atom. The Hall–Kier alpha value is -0.850. The third-order valence-electron chi connectivity index (χ3n) is 3.69. The van der Waals surface area contributed by atoms with E-state index >= 15 is 0 Å². The van der Waals surface area contributed by atoms with Crippen LogP contribution in [0, 0.1) is 0 Å². The molecule has 1 N–H and O–H groups in total. The van der Waals surface area contributed by atoms with E-state index in [9.17, 15) is 4.79 Å².